The predicted octanol–water partition coefficient (Wildman–Crippen LogP) is 13.0. The lowest BCUT2D eigenvalue weighted by atomic mass is 9.92. The van der Waals surface area contributed by atoms with E-state index in [0.717, 1.165) is 23.5 Å². The molecular formula is C45H45N. The van der Waals surface area contributed by atoms with Gasteiger partial charge in [-0.1, -0.05) is 104 Å². The number of benzene rings is 6. The average Bonchev–Trinajstić information content (AvgIpc) is 3.05. The maximum absolute atomic E-state index is 2.39. The minimum atomic E-state index is 1.12. The molecule has 6 rings (SSSR count). The van der Waals surface area contributed by atoms with Gasteiger partial charge in [0.1, 0.15) is 0 Å². The quantitative estimate of drug-likeness (QED) is 0.168. The van der Waals surface area contributed by atoms with Crippen LogP contribution in [0.1, 0.15) is 52.3 Å². The molecule has 0 bridgehead atoms. The van der Waals surface area contributed by atoms with E-state index < -0.39 is 0 Å². The Bertz CT molecular complexity index is 1980. The molecule has 0 heterocycles. The summed E-state index contributed by atoms with van der Waals surface area (Å²) >= 11 is 0. The Hall–Kier alpha value is -4.88. The van der Waals surface area contributed by atoms with E-state index in [4.69, 9.17) is 0 Å². The first kappa shape index (κ1) is 31.1. The van der Waals surface area contributed by atoms with Crippen molar-refractivity contribution in [3.63, 3.8) is 0 Å². The summed E-state index contributed by atoms with van der Waals surface area (Å²) in [6, 6.07) is 45.3. The van der Waals surface area contributed by atoms with Gasteiger partial charge in [0.2, 0.25) is 0 Å². The van der Waals surface area contributed by atoms with E-state index in [1.165, 1.54) is 78.7 Å². The Morgan fingerprint density at radius 2 is 0.870 bits per heavy atom. The van der Waals surface area contributed by atoms with Crippen molar-refractivity contribution in [2.45, 2.75) is 61.3 Å². The van der Waals surface area contributed by atoms with Gasteiger partial charge in [0.25, 0.3) is 0 Å². The van der Waals surface area contributed by atoms with E-state index in [2.05, 4.69) is 175 Å². The topological polar surface area (TPSA) is 3.24 Å². The Kier molecular flexibility index (Phi) is 8.95. The summed E-state index contributed by atoms with van der Waals surface area (Å²) in [7, 11) is 0. The third-order valence-electron chi connectivity index (χ3n) is 9.38. The Morgan fingerprint density at radius 3 is 1.43 bits per heavy atom. The molecule has 0 aromatic heterocycles. The van der Waals surface area contributed by atoms with Crippen molar-refractivity contribution in [3.8, 4) is 33.4 Å². The summed E-state index contributed by atoms with van der Waals surface area (Å²) in [5.41, 5.74) is 20.2. The first-order valence-electron chi connectivity index (χ1n) is 16.6. The third-order valence-corrected chi connectivity index (χ3v) is 9.38. The van der Waals surface area contributed by atoms with Crippen molar-refractivity contribution >= 4 is 17.1 Å². The predicted molar refractivity (Wildman–Crippen MR) is 200 cm³/mol. The van der Waals surface area contributed by atoms with Gasteiger partial charge in [-0.3, -0.25) is 0 Å². The van der Waals surface area contributed by atoms with Crippen LogP contribution in [0.15, 0.2) is 121 Å². The van der Waals surface area contributed by atoms with Crippen molar-refractivity contribution in [2.75, 3.05) is 4.90 Å². The molecule has 0 aliphatic heterocycles. The molecule has 0 N–H and O–H groups in total. The first-order valence-corrected chi connectivity index (χ1v) is 16.6. The second-order valence-electron chi connectivity index (χ2n) is 12.9. The average molecular weight is 600 g/mol. The van der Waals surface area contributed by atoms with Gasteiger partial charge >= 0.3 is 0 Å². The molecule has 0 radical (unpaired) electrons. The van der Waals surface area contributed by atoms with Crippen molar-refractivity contribution in [1.82, 2.24) is 0 Å². The highest BCUT2D eigenvalue weighted by Gasteiger charge is 2.17. The summed E-state index contributed by atoms with van der Waals surface area (Å²) in [6.45, 7) is 15.5. The van der Waals surface area contributed by atoms with Gasteiger partial charge in [0.05, 0.1) is 0 Å². The fourth-order valence-electron chi connectivity index (χ4n) is 6.59. The number of hydrogen-bond donors (Lipinski definition) is 0. The molecule has 0 atom stereocenters. The molecule has 0 saturated heterocycles. The zero-order valence-corrected chi connectivity index (χ0v) is 28.4. The first-order chi connectivity index (χ1) is 22.2. The van der Waals surface area contributed by atoms with Crippen LogP contribution in [0.3, 0.4) is 0 Å². The SMILES string of the molecule is CCCc1ccc(-c2ccc(N(c3ccc(-c4ccc(C)cc4)cc3)c3ccc(-c4cc(C)c(C)cc4C)c(C)c3)cc2C)cc1. The standard InChI is InChI=1S/C45H45N/c1-8-9-36-12-16-39(17-13-36)43-24-22-41(27-34(43)6)46(40-20-18-38(19-21-40)37-14-10-30(2)11-15-37)42-23-25-44(35(7)28-42)45-29-32(4)31(3)26-33(45)5/h10-29H,8-9H2,1-7H3. The molecular weight excluding hydrogens is 555 g/mol. The van der Waals surface area contributed by atoms with E-state index in [1.54, 1.807) is 0 Å². The maximum Gasteiger partial charge on any atom is 0.0464 e. The van der Waals surface area contributed by atoms with Crippen LogP contribution in [0.2, 0.25) is 0 Å². The van der Waals surface area contributed by atoms with Crippen LogP contribution >= 0.6 is 0 Å². The minimum Gasteiger partial charge on any atom is -0.310 e. The lowest BCUT2D eigenvalue weighted by Gasteiger charge is -2.27. The van der Waals surface area contributed by atoms with Crippen molar-refractivity contribution in [3.05, 3.63) is 160 Å². The fourth-order valence-corrected chi connectivity index (χ4v) is 6.59. The second-order valence-corrected chi connectivity index (χ2v) is 12.9. The molecule has 0 fully saturated rings. The lowest BCUT2D eigenvalue weighted by Crippen LogP contribution is -2.10. The maximum atomic E-state index is 2.39. The van der Waals surface area contributed by atoms with E-state index in [9.17, 15) is 0 Å². The second kappa shape index (κ2) is 13.2. The highest BCUT2D eigenvalue weighted by molar-refractivity contribution is 5.83. The number of nitrogens with zero attached hydrogens (tertiary/aromatic N) is 1. The Labute approximate surface area is 276 Å². The summed E-state index contributed by atoms with van der Waals surface area (Å²) in [5.74, 6) is 0. The van der Waals surface area contributed by atoms with Crippen LogP contribution in [0.25, 0.3) is 33.4 Å². The molecule has 1 nitrogen and oxygen atoms in total. The van der Waals surface area contributed by atoms with Gasteiger partial charge in [0.15, 0.2) is 0 Å². The molecule has 6 aromatic carbocycles. The highest BCUT2D eigenvalue weighted by atomic mass is 15.1. The Balaban J connectivity index is 1.42. The van der Waals surface area contributed by atoms with Crippen molar-refractivity contribution in [1.29, 1.82) is 0 Å². The van der Waals surface area contributed by atoms with Crippen molar-refractivity contribution < 1.29 is 0 Å². The van der Waals surface area contributed by atoms with Crippen LogP contribution in [-0.4, -0.2) is 0 Å². The lowest BCUT2D eigenvalue weighted by molar-refractivity contribution is 0.922. The normalized spacial score (nSPS) is 11.1. The molecule has 230 valence electrons. The molecule has 0 unspecified atom stereocenters. The summed E-state index contributed by atoms with van der Waals surface area (Å²) in [5, 5.41) is 0. The molecule has 0 amide bonds. The van der Waals surface area contributed by atoms with E-state index in [0.29, 0.717) is 0 Å². The van der Waals surface area contributed by atoms with Crippen LogP contribution in [0, 0.1) is 41.5 Å². The van der Waals surface area contributed by atoms with E-state index in [1.807, 2.05) is 0 Å². The van der Waals surface area contributed by atoms with Gasteiger partial charge < -0.3 is 4.90 Å². The summed E-state index contributed by atoms with van der Waals surface area (Å²) < 4.78 is 0. The van der Waals surface area contributed by atoms with Gasteiger partial charge in [-0.05, 0) is 151 Å². The van der Waals surface area contributed by atoms with Crippen LogP contribution in [-0.2, 0) is 6.42 Å². The van der Waals surface area contributed by atoms with Crippen LogP contribution in [0.4, 0.5) is 17.1 Å². The zero-order chi connectivity index (χ0) is 32.4. The molecule has 0 aliphatic carbocycles. The summed E-state index contributed by atoms with van der Waals surface area (Å²) in [4.78, 5) is 2.39. The number of rotatable bonds is 8. The van der Waals surface area contributed by atoms with Crippen LogP contribution < -0.4 is 4.90 Å². The number of aryl methyl sites for hydroxylation is 7. The highest BCUT2D eigenvalue weighted by Crippen LogP contribution is 2.40. The van der Waals surface area contributed by atoms with E-state index in [-0.39, 0.29) is 0 Å². The van der Waals surface area contributed by atoms with Gasteiger partial charge in [-0.25, -0.2) is 0 Å². The van der Waals surface area contributed by atoms with Gasteiger partial charge in [-0.15, -0.1) is 0 Å². The molecule has 46 heavy (non-hydrogen) atoms. The zero-order valence-electron chi connectivity index (χ0n) is 28.4. The minimum absolute atomic E-state index is 1.12. The fraction of sp³-hybridized carbons (Fsp3) is 0.200. The van der Waals surface area contributed by atoms with Crippen LogP contribution in [0.5, 0.6) is 0 Å². The number of anilines is 3. The monoisotopic (exact) mass is 599 g/mol. The molecule has 0 aliphatic rings. The van der Waals surface area contributed by atoms with Gasteiger partial charge in [0, 0.05) is 17.1 Å². The number of hydrogen-bond acceptors (Lipinski definition) is 1. The molecule has 1 heteroatoms. The summed E-state index contributed by atoms with van der Waals surface area (Å²) in [6.07, 6.45) is 2.29. The van der Waals surface area contributed by atoms with Crippen molar-refractivity contribution in [2.24, 2.45) is 0 Å². The van der Waals surface area contributed by atoms with Gasteiger partial charge in [-0.2, -0.15) is 0 Å². The third kappa shape index (κ3) is 6.42. The van der Waals surface area contributed by atoms with E-state index >= 15 is 0 Å². The largest absolute Gasteiger partial charge is 0.310 e. The molecule has 0 spiro atoms. The molecule has 0 saturated carbocycles. The Morgan fingerprint density at radius 1 is 0.391 bits per heavy atom. The molecule has 6 aromatic rings. The smallest absolute Gasteiger partial charge is 0.0464 e.